The average molecular weight is 331 g/mol. The van der Waals surface area contributed by atoms with E-state index in [2.05, 4.69) is 15.9 Å². The van der Waals surface area contributed by atoms with Crippen LogP contribution in [0.15, 0.2) is 22.7 Å². The standard InChI is InChI=1S/C15H20BrFO2/c1-3-5-6-15(4-2,14(18)19)10-11-7-12(16)9-13(17)8-11/h7-9H,3-6,10H2,1-2H3,(H,18,19). The highest BCUT2D eigenvalue weighted by atomic mass is 79.9. The SMILES string of the molecule is CCCCC(CC)(Cc1cc(F)cc(Br)c1)C(=O)O. The van der Waals surface area contributed by atoms with Crippen molar-refractivity contribution in [3.05, 3.63) is 34.1 Å². The predicted octanol–water partition coefficient (Wildman–Crippen LogP) is 4.80. The molecule has 0 aromatic heterocycles. The molecule has 1 atom stereocenters. The number of rotatable bonds is 7. The quantitative estimate of drug-likeness (QED) is 0.779. The lowest BCUT2D eigenvalue weighted by Crippen LogP contribution is -2.33. The number of hydrogen-bond acceptors (Lipinski definition) is 1. The van der Waals surface area contributed by atoms with E-state index >= 15 is 0 Å². The van der Waals surface area contributed by atoms with Crippen LogP contribution in [0.5, 0.6) is 0 Å². The molecule has 1 unspecified atom stereocenters. The van der Waals surface area contributed by atoms with Crippen LogP contribution in [0.4, 0.5) is 4.39 Å². The molecule has 1 aromatic carbocycles. The Kier molecular flexibility index (Phi) is 5.98. The van der Waals surface area contributed by atoms with Crippen molar-refractivity contribution in [2.24, 2.45) is 5.41 Å². The van der Waals surface area contributed by atoms with E-state index in [0.29, 0.717) is 23.7 Å². The zero-order valence-electron chi connectivity index (χ0n) is 11.4. The summed E-state index contributed by atoms with van der Waals surface area (Å²) in [5.41, 5.74) is -0.0595. The predicted molar refractivity (Wildman–Crippen MR) is 77.7 cm³/mol. The zero-order valence-corrected chi connectivity index (χ0v) is 13.0. The first-order valence-electron chi connectivity index (χ1n) is 6.62. The fourth-order valence-corrected chi connectivity index (χ4v) is 2.86. The Hall–Kier alpha value is -0.900. The fourth-order valence-electron chi connectivity index (χ4n) is 2.34. The van der Waals surface area contributed by atoms with E-state index in [4.69, 9.17) is 0 Å². The second kappa shape index (κ2) is 7.04. The summed E-state index contributed by atoms with van der Waals surface area (Å²) in [7, 11) is 0. The highest BCUT2D eigenvalue weighted by Crippen LogP contribution is 2.34. The third-order valence-electron chi connectivity index (χ3n) is 3.60. The van der Waals surface area contributed by atoms with Crippen LogP contribution >= 0.6 is 15.9 Å². The molecule has 0 aliphatic rings. The van der Waals surface area contributed by atoms with Gasteiger partial charge in [0.2, 0.25) is 0 Å². The highest BCUT2D eigenvalue weighted by molar-refractivity contribution is 9.10. The number of carbonyl (C=O) groups is 1. The number of carboxylic acid groups (broad SMARTS) is 1. The van der Waals surface area contributed by atoms with E-state index in [-0.39, 0.29) is 5.82 Å². The third-order valence-corrected chi connectivity index (χ3v) is 4.06. The van der Waals surface area contributed by atoms with Gasteiger partial charge < -0.3 is 5.11 Å². The van der Waals surface area contributed by atoms with Gasteiger partial charge in [-0.1, -0.05) is 42.6 Å². The summed E-state index contributed by atoms with van der Waals surface area (Å²) in [6.07, 6.45) is 3.38. The molecule has 0 amide bonds. The smallest absolute Gasteiger partial charge is 0.309 e. The van der Waals surface area contributed by atoms with Crippen molar-refractivity contribution in [3.8, 4) is 0 Å². The number of hydrogen-bond donors (Lipinski definition) is 1. The molecule has 1 rings (SSSR count). The van der Waals surface area contributed by atoms with Crippen LogP contribution in [0.2, 0.25) is 0 Å². The summed E-state index contributed by atoms with van der Waals surface area (Å²) in [5, 5.41) is 9.54. The van der Waals surface area contributed by atoms with Crippen LogP contribution in [0.1, 0.15) is 45.1 Å². The van der Waals surface area contributed by atoms with Gasteiger partial charge in [0.25, 0.3) is 0 Å². The summed E-state index contributed by atoms with van der Waals surface area (Å²) in [5.74, 6) is -1.13. The number of benzene rings is 1. The molecule has 0 aliphatic heterocycles. The van der Waals surface area contributed by atoms with Crippen molar-refractivity contribution < 1.29 is 14.3 Å². The normalized spacial score (nSPS) is 14.1. The Balaban J connectivity index is 3.02. The Bertz CT molecular complexity index is 428. The largest absolute Gasteiger partial charge is 0.481 e. The maximum Gasteiger partial charge on any atom is 0.309 e. The monoisotopic (exact) mass is 330 g/mol. The van der Waals surface area contributed by atoms with E-state index < -0.39 is 11.4 Å². The molecule has 0 spiro atoms. The summed E-state index contributed by atoms with van der Waals surface area (Å²) in [4.78, 5) is 11.6. The van der Waals surface area contributed by atoms with Crippen LogP contribution in [0.25, 0.3) is 0 Å². The van der Waals surface area contributed by atoms with Gasteiger partial charge in [-0.25, -0.2) is 4.39 Å². The van der Waals surface area contributed by atoms with Crippen LogP contribution < -0.4 is 0 Å². The molecule has 0 saturated heterocycles. The van der Waals surface area contributed by atoms with Crippen molar-refractivity contribution >= 4 is 21.9 Å². The molecular weight excluding hydrogens is 311 g/mol. The van der Waals surface area contributed by atoms with Gasteiger partial charge in [0.15, 0.2) is 0 Å². The fraction of sp³-hybridized carbons (Fsp3) is 0.533. The number of unbranched alkanes of at least 4 members (excludes halogenated alkanes) is 1. The first kappa shape index (κ1) is 16.2. The minimum atomic E-state index is -0.788. The molecule has 0 aliphatic carbocycles. The molecule has 2 nitrogen and oxygen atoms in total. The van der Waals surface area contributed by atoms with Gasteiger partial charge in [-0.2, -0.15) is 0 Å². The number of halogens is 2. The molecular formula is C15H20BrFO2. The first-order valence-corrected chi connectivity index (χ1v) is 7.41. The van der Waals surface area contributed by atoms with E-state index in [9.17, 15) is 14.3 Å². The van der Waals surface area contributed by atoms with Gasteiger partial charge in [-0.15, -0.1) is 0 Å². The van der Waals surface area contributed by atoms with Gasteiger partial charge in [-0.05, 0) is 43.0 Å². The molecule has 1 aromatic rings. The third kappa shape index (κ3) is 4.30. The van der Waals surface area contributed by atoms with E-state index in [0.717, 1.165) is 18.4 Å². The Morgan fingerprint density at radius 2 is 2.05 bits per heavy atom. The molecule has 0 fully saturated rings. The summed E-state index contributed by atoms with van der Waals surface area (Å²) >= 11 is 3.24. The van der Waals surface area contributed by atoms with Crippen molar-refractivity contribution in [1.29, 1.82) is 0 Å². The van der Waals surface area contributed by atoms with E-state index in [1.807, 2.05) is 13.8 Å². The van der Waals surface area contributed by atoms with Gasteiger partial charge in [0.05, 0.1) is 5.41 Å². The van der Waals surface area contributed by atoms with Gasteiger partial charge >= 0.3 is 5.97 Å². The van der Waals surface area contributed by atoms with Crippen molar-refractivity contribution in [3.63, 3.8) is 0 Å². The Morgan fingerprint density at radius 3 is 2.53 bits per heavy atom. The summed E-state index contributed by atoms with van der Waals surface area (Å²) in [6.45, 7) is 3.93. The zero-order chi connectivity index (χ0) is 14.5. The molecule has 0 heterocycles. The maximum absolute atomic E-state index is 13.4. The lowest BCUT2D eigenvalue weighted by molar-refractivity contribution is -0.149. The summed E-state index contributed by atoms with van der Waals surface area (Å²) < 4.78 is 14.0. The van der Waals surface area contributed by atoms with Crippen LogP contribution in [0, 0.1) is 11.2 Å². The second-order valence-electron chi connectivity index (χ2n) is 5.00. The summed E-state index contributed by atoms with van der Waals surface area (Å²) in [6, 6.07) is 4.59. The lowest BCUT2D eigenvalue weighted by atomic mass is 9.75. The number of carboxylic acids is 1. The molecule has 19 heavy (non-hydrogen) atoms. The topological polar surface area (TPSA) is 37.3 Å². The van der Waals surface area contributed by atoms with Gasteiger partial charge in [-0.3, -0.25) is 4.79 Å². The Morgan fingerprint density at radius 1 is 1.37 bits per heavy atom. The second-order valence-corrected chi connectivity index (χ2v) is 5.91. The van der Waals surface area contributed by atoms with E-state index in [1.165, 1.54) is 12.1 Å². The molecule has 106 valence electrons. The minimum Gasteiger partial charge on any atom is -0.481 e. The molecule has 0 radical (unpaired) electrons. The number of aliphatic carboxylic acids is 1. The minimum absolute atomic E-state index is 0.338. The van der Waals surface area contributed by atoms with Crippen LogP contribution in [0.3, 0.4) is 0 Å². The molecule has 0 bridgehead atoms. The van der Waals surface area contributed by atoms with E-state index in [1.54, 1.807) is 6.07 Å². The molecule has 1 N–H and O–H groups in total. The van der Waals surface area contributed by atoms with Crippen molar-refractivity contribution in [2.45, 2.75) is 46.0 Å². The molecule has 4 heteroatoms. The van der Waals surface area contributed by atoms with Crippen LogP contribution in [-0.4, -0.2) is 11.1 Å². The average Bonchev–Trinajstić information content (AvgIpc) is 2.33. The van der Waals surface area contributed by atoms with Crippen molar-refractivity contribution in [1.82, 2.24) is 0 Å². The first-order chi connectivity index (χ1) is 8.93. The van der Waals surface area contributed by atoms with Gasteiger partial charge in [0.1, 0.15) is 5.82 Å². The Labute approximate surface area is 122 Å². The van der Waals surface area contributed by atoms with Crippen LogP contribution in [-0.2, 0) is 11.2 Å². The highest BCUT2D eigenvalue weighted by Gasteiger charge is 2.36. The lowest BCUT2D eigenvalue weighted by Gasteiger charge is -2.28. The van der Waals surface area contributed by atoms with Gasteiger partial charge in [0, 0.05) is 4.47 Å². The van der Waals surface area contributed by atoms with Crippen molar-refractivity contribution in [2.75, 3.05) is 0 Å². The molecule has 0 saturated carbocycles. The maximum atomic E-state index is 13.4.